The van der Waals surface area contributed by atoms with E-state index in [1.165, 1.54) is 0 Å². The molecule has 3 heteroatoms. The smallest absolute Gasteiger partial charge is 0.163 e. The van der Waals surface area contributed by atoms with Crippen molar-refractivity contribution in [3.8, 4) is 5.75 Å². The zero-order valence-electron chi connectivity index (χ0n) is 12.4. The van der Waals surface area contributed by atoms with E-state index in [-0.39, 0.29) is 23.1 Å². The van der Waals surface area contributed by atoms with Crippen molar-refractivity contribution in [3.05, 3.63) is 29.3 Å². The van der Waals surface area contributed by atoms with Crippen molar-refractivity contribution >= 4 is 5.78 Å². The molecular formula is C18H22O3. The molecule has 1 aromatic carbocycles. The first-order chi connectivity index (χ1) is 10.0. The molecule has 2 N–H and O–H groups in total. The van der Waals surface area contributed by atoms with Crippen LogP contribution in [0.2, 0.25) is 0 Å². The molecule has 0 heterocycles. The third-order valence-electron chi connectivity index (χ3n) is 6.54. The molecule has 3 aliphatic rings. The average Bonchev–Trinajstić information content (AvgIpc) is 2.76. The second kappa shape index (κ2) is 4.33. The van der Waals surface area contributed by atoms with E-state index in [9.17, 15) is 15.0 Å². The summed E-state index contributed by atoms with van der Waals surface area (Å²) in [5.74, 6) is 1.58. The van der Waals surface area contributed by atoms with E-state index >= 15 is 0 Å². The molecule has 2 saturated carbocycles. The van der Waals surface area contributed by atoms with Crippen LogP contribution in [0.4, 0.5) is 0 Å². The van der Waals surface area contributed by atoms with Crippen LogP contribution in [-0.2, 0) is 0 Å². The maximum absolute atomic E-state index is 12.5. The lowest BCUT2D eigenvalue weighted by molar-refractivity contribution is -0.0208. The van der Waals surface area contributed by atoms with Gasteiger partial charge in [0.25, 0.3) is 0 Å². The highest BCUT2D eigenvalue weighted by molar-refractivity contribution is 5.99. The van der Waals surface area contributed by atoms with E-state index in [2.05, 4.69) is 6.92 Å². The monoisotopic (exact) mass is 286 g/mol. The van der Waals surface area contributed by atoms with Gasteiger partial charge in [-0.25, -0.2) is 0 Å². The molecule has 112 valence electrons. The lowest BCUT2D eigenvalue weighted by Gasteiger charge is -2.49. The molecule has 0 saturated heterocycles. The molecule has 0 amide bonds. The highest BCUT2D eigenvalue weighted by atomic mass is 16.3. The first-order valence-electron chi connectivity index (χ1n) is 8.05. The molecule has 3 aliphatic carbocycles. The Labute approximate surface area is 125 Å². The maximum Gasteiger partial charge on any atom is 0.163 e. The summed E-state index contributed by atoms with van der Waals surface area (Å²) in [6.07, 6.45) is 4.36. The second-order valence-electron chi connectivity index (χ2n) is 7.41. The molecule has 0 bridgehead atoms. The number of ketones is 1. The van der Waals surface area contributed by atoms with Gasteiger partial charge in [0, 0.05) is 12.0 Å². The molecule has 0 radical (unpaired) electrons. The van der Waals surface area contributed by atoms with E-state index in [1.54, 1.807) is 12.1 Å². The Morgan fingerprint density at radius 2 is 2.05 bits per heavy atom. The van der Waals surface area contributed by atoms with Gasteiger partial charge < -0.3 is 10.2 Å². The number of benzene rings is 1. The van der Waals surface area contributed by atoms with Crippen molar-refractivity contribution in [3.63, 3.8) is 0 Å². The van der Waals surface area contributed by atoms with Gasteiger partial charge >= 0.3 is 0 Å². The van der Waals surface area contributed by atoms with Gasteiger partial charge in [0.05, 0.1) is 6.10 Å². The van der Waals surface area contributed by atoms with Crippen molar-refractivity contribution in [2.45, 2.75) is 51.0 Å². The lowest BCUT2D eigenvalue weighted by Crippen LogP contribution is -2.44. The van der Waals surface area contributed by atoms with Crippen molar-refractivity contribution < 1.29 is 15.0 Å². The standard InChI is InChI=1S/C18H22O3/c1-18-7-6-12-11-3-2-10(19)8-14(11)16(20)9-13(12)15(18)4-5-17(18)21/h2-3,8,12-13,15,17,19,21H,4-7,9H2,1H3/t12?,13-,15+,17+,18+/m1/s1. The summed E-state index contributed by atoms with van der Waals surface area (Å²) in [6, 6.07) is 5.27. The van der Waals surface area contributed by atoms with Crippen LogP contribution in [0.3, 0.4) is 0 Å². The Morgan fingerprint density at radius 3 is 2.86 bits per heavy atom. The fraction of sp³-hybridized carbons (Fsp3) is 0.611. The number of phenols is 1. The van der Waals surface area contributed by atoms with Crippen LogP contribution in [0.1, 0.15) is 60.9 Å². The lowest BCUT2D eigenvalue weighted by atomic mass is 9.55. The molecule has 3 nitrogen and oxygen atoms in total. The van der Waals surface area contributed by atoms with Gasteiger partial charge in [-0.2, -0.15) is 0 Å². The first kappa shape index (κ1) is 13.3. The van der Waals surface area contributed by atoms with Crippen LogP contribution < -0.4 is 0 Å². The van der Waals surface area contributed by atoms with E-state index in [0.717, 1.165) is 36.8 Å². The number of fused-ring (bicyclic) bond motifs is 5. The van der Waals surface area contributed by atoms with Gasteiger partial charge in [0.2, 0.25) is 0 Å². The Bertz CT molecular complexity index is 608. The summed E-state index contributed by atoms with van der Waals surface area (Å²) >= 11 is 0. The number of carbonyl (C=O) groups excluding carboxylic acids is 1. The van der Waals surface area contributed by atoms with Gasteiger partial charge in [0.1, 0.15) is 5.75 Å². The van der Waals surface area contributed by atoms with Gasteiger partial charge in [-0.3, -0.25) is 4.79 Å². The average molecular weight is 286 g/mol. The topological polar surface area (TPSA) is 57.5 Å². The van der Waals surface area contributed by atoms with E-state index in [1.807, 2.05) is 6.07 Å². The largest absolute Gasteiger partial charge is 0.508 e. The Hall–Kier alpha value is -1.35. The number of hydrogen-bond acceptors (Lipinski definition) is 3. The SMILES string of the molecule is C[C@]12CCC3c4ccc(O)cc4C(=O)C[C@H]3[C@@H]1CC[C@@H]2O. The molecule has 1 unspecified atom stereocenters. The van der Waals surface area contributed by atoms with Gasteiger partial charge in [-0.15, -0.1) is 0 Å². The predicted octanol–water partition coefficient (Wildman–Crippen LogP) is 3.25. The van der Waals surface area contributed by atoms with E-state index in [0.29, 0.717) is 24.2 Å². The normalized spacial score (nSPS) is 41.3. The fourth-order valence-electron chi connectivity index (χ4n) is 5.36. The van der Waals surface area contributed by atoms with Crippen LogP contribution in [0.25, 0.3) is 0 Å². The summed E-state index contributed by atoms with van der Waals surface area (Å²) in [5.41, 5.74) is 1.84. The molecule has 2 fully saturated rings. The Morgan fingerprint density at radius 1 is 1.24 bits per heavy atom. The molecule has 4 rings (SSSR count). The van der Waals surface area contributed by atoms with Crippen LogP contribution >= 0.6 is 0 Å². The summed E-state index contributed by atoms with van der Waals surface area (Å²) in [6.45, 7) is 2.21. The quantitative estimate of drug-likeness (QED) is 0.769. The molecule has 5 atom stereocenters. The molecule has 21 heavy (non-hydrogen) atoms. The maximum atomic E-state index is 12.5. The predicted molar refractivity (Wildman–Crippen MR) is 79.4 cm³/mol. The highest BCUT2D eigenvalue weighted by Crippen LogP contribution is 2.60. The number of Topliss-reactive ketones (excluding diaryl/α,β-unsaturated/α-hetero) is 1. The number of aliphatic hydroxyl groups is 1. The first-order valence-corrected chi connectivity index (χ1v) is 8.05. The summed E-state index contributed by atoms with van der Waals surface area (Å²) < 4.78 is 0. The van der Waals surface area contributed by atoms with Crippen molar-refractivity contribution in [1.82, 2.24) is 0 Å². The van der Waals surface area contributed by atoms with Gasteiger partial charge in [-0.1, -0.05) is 13.0 Å². The minimum atomic E-state index is -0.209. The summed E-state index contributed by atoms with van der Waals surface area (Å²) in [5, 5.41) is 20.0. The molecule has 0 aliphatic heterocycles. The van der Waals surface area contributed by atoms with Crippen LogP contribution in [-0.4, -0.2) is 22.1 Å². The van der Waals surface area contributed by atoms with Crippen molar-refractivity contribution in [1.29, 1.82) is 0 Å². The number of rotatable bonds is 0. The van der Waals surface area contributed by atoms with Gasteiger partial charge in [-0.05, 0) is 66.5 Å². The highest BCUT2D eigenvalue weighted by Gasteiger charge is 2.55. The van der Waals surface area contributed by atoms with Crippen LogP contribution in [0.15, 0.2) is 18.2 Å². The summed E-state index contributed by atoms with van der Waals surface area (Å²) in [7, 11) is 0. The third-order valence-corrected chi connectivity index (χ3v) is 6.54. The molecule has 1 aromatic rings. The molecule has 0 aromatic heterocycles. The van der Waals surface area contributed by atoms with Crippen molar-refractivity contribution in [2.75, 3.05) is 0 Å². The number of aliphatic hydroxyl groups excluding tert-OH is 1. The minimum Gasteiger partial charge on any atom is -0.508 e. The zero-order chi connectivity index (χ0) is 14.8. The minimum absolute atomic E-state index is 0.00410. The third kappa shape index (κ3) is 1.73. The van der Waals surface area contributed by atoms with Crippen LogP contribution in [0.5, 0.6) is 5.75 Å². The van der Waals surface area contributed by atoms with E-state index < -0.39 is 0 Å². The Balaban J connectivity index is 1.77. The molecule has 0 spiro atoms. The van der Waals surface area contributed by atoms with E-state index in [4.69, 9.17) is 0 Å². The summed E-state index contributed by atoms with van der Waals surface area (Å²) in [4.78, 5) is 12.5. The molecular weight excluding hydrogens is 264 g/mol. The number of hydrogen-bond donors (Lipinski definition) is 2. The zero-order valence-corrected chi connectivity index (χ0v) is 12.4. The Kier molecular flexibility index (Phi) is 2.74. The van der Waals surface area contributed by atoms with Crippen molar-refractivity contribution in [2.24, 2.45) is 17.3 Å². The fourth-order valence-corrected chi connectivity index (χ4v) is 5.36. The number of carbonyl (C=O) groups is 1. The second-order valence-corrected chi connectivity index (χ2v) is 7.41. The van der Waals surface area contributed by atoms with Crippen LogP contribution in [0, 0.1) is 17.3 Å². The van der Waals surface area contributed by atoms with Gasteiger partial charge in [0.15, 0.2) is 5.78 Å². The number of aromatic hydroxyl groups is 1. The number of phenolic OH excluding ortho intramolecular Hbond substituents is 1.